The molecule has 0 saturated heterocycles. The maximum Gasteiger partial charge on any atom is 0.215 e. The lowest BCUT2D eigenvalue weighted by molar-refractivity contribution is 0.311. The van der Waals surface area contributed by atoms with Crippen molar-refractivity contribution in [1.82, 2.24) is 4.72 Å². The van der Waals surface area contributed by atoms with Gasteiger partial charge in [0, 0.05) is 6.54 Å². The van der Waals surface area contributed by atoms with Crippen molar-refractivity contribution >= 4 is 10.0 Å². The Morgan fingerprint density at radius 1 is 1.04 bits per heavy atom. The molecule has 0 aliphatic rings. The summed E-state index contributed by atoms with van der Waals surface area (Å²) in [6, 6.07) is 13.1. The van der Waals surface area contributed by atoms with Crippen LogP contribution in [0.3, 0.4) is 0 Å². The minimum absolute atomic E-state index is 0.0356. The van der Waals surface area contributed by atoms with Crippen molar-refractivity contribution < 1.29 is 17.5 Å². The van der Waals surface area contributed by atoms with Crippen LogP contribution < -0.4 is 9.46 Å². The molecule has 6 heteroatoms. The van der Waals surface area contributed by atoms with Crippen LogP contribution in [0.1, 0.15) is 17.5 Å². The summed E-state index contributed by atoms with van der Waals surface area (Å²) in [6.07, 6.45) is 0.532. The van der Waals surface area contributed by atoms with Crippen molar-refractivity contribution in [1.29, 1.82) is 0 Å². The molecule has 23 heavy (non-hydrogen) atoms. The molecule has 0 aromatic heterocycles. The maximum absolute atomic E-state index is 12.7. The van der Waals surface area contributed by atoms with Gasteiger partial charge in [-0.3, -0.25) is 0 Å². The van der Waals surface area contributed by atoms with Gasteiger partial charge in [0.2, 0.25) is 10.0 Å². The Labute approximate surface area is 136 Å². The van der Waals surface area contributed by atoms with Crippen molar-refractivity contribution in [3.05, 3.63) is 65.5 Å². The first-order chi connectivity index (χ1) is 10.9. The number of hydrogen-bond acceptors (Lipinski definition) is 3. The van der Waals surface area contributed by atoms with Crippen LogP contribution in [0.25, 0.3) is 0 Å². The van der Waals surface area contributed by atoms with Crippen molar-refractivity contribution in [2.24, 2.45) is 0 Å². The number of halogens is 1. The van der Waals surface area contributed by atoms with E-state index in [1.165, 1.54) is 24.3 Å². The van der Waals surface area contributed by atoms with Gasteiger partial charge in [-0.1, -0.05) is 29.8 Å². The lowest BCUT2D eigenvalue weighted by atomic mass is 10.2. The number of sulfonamides is 1. The Morgan fingerprint density at radius 3 is 2.35 bits per heavy atom. The lowest BCUT2D eigenvalue weighted by Crippen LogP contribution is -2.27. The van der Waals surface area contributed by atoms with E-state index in [0.717, 1.165) is 11.1 Å². The summed E-state index contributed by atoms with van der Waals surface area (Å²) in [5.41, 5.74) is 1.85. The molecule has 2 aromatic rings. The molecule has 0 amide bonds. The Hall–Kier alpha value is -1.92. The van der Waals surface area contributed by atoms with E-state index >= 15 is 0 Å². The zero-order chi connectivity index (χ0) is 16.7. The van der Waals surface area contributed by atoms with Gasteiger partial charge in [0.05, 0.1) is 12.4 Å². The van der Waals surface area contributed by atoms with Gasteiger partial charge in [0.25, 0.3) is 0 Å². The number of benzene rings is 2. The van der Waals surface area contributed by atoms with Gasteiger partial charge in [0.1, 0.15) is 11.6 Å². The fourth-order valence-corrected chi connectivity index (χ4v) is 3.16. The highest BCUT2D eigenvalue weighted by atomic mass is 32.2. The summed E-state index contributed by atoms with van der Waals surface area (Å²) >= 11 is 0. The smallest absolute Gasteiger partial charge is 0.215 e. The van der Waals surface area contributed by atoms with Crippen LogP contribution in [0.4, 0.5) is 4.39 Å². The first-order valence-electron chi connectivity index (χ1n) is 7.36. The van der Waals surface area contributed by atoms with Gasteiger partial charge < -0.3 is 4.74 Å². The van der Waals surface area contributed by atoms with E-state index < -0.39 is 10.0 Å². The van der Waals surface area contributed by atoms with Crippen LogP contribution in [-0.4, -0.2) is 21.6 Å². The number of hydrogen-bond donors (Lipinski definition) is 1. The molecule has 0 radical (unpaired) electrons. The molecule has 0 aliphatic carbocycles. The van der Waals surface area contributed by atoms with Gasteiger partial charge in [-0.15, -0.1) is 0 Å². The average molecular weight is 337 g/mol. The third-order valence-electron chi connectivity index (χ3n) is 3.20. The highest BCUT2D eigenvalue weighted by Gasteiger charge is 2.10. The molecule has 0 atom stereocenters. The van der Waals surface area contributed by atoms with E-state index in [9.17, 15) is 12.8 Å². The third-order valence-corrected chi connectivity index (χ3v) is 4.56. The van der Waals surface area contributed by atoms with E-state index in [2.05, 4.69) is 4.72 Å². The van der Waals surface area contributed by atoms with E-state index in [1.54, 1.807) is 0 Å². The van der Waals surface area contributed by atoms with Crippen LogP contribution in [0.5, 0.6) is 5.75 Å². The molecule has 4 nitrogen and oxygen atoms in total. The summed E-state index contributed by atoms with van der Waals surface area (Å²) in [5, 5.41) is 0. The first kappa shape index (κ1) is 17.4. The minimum Gasteiger partial charge on any atom is -0.494 e. The molecular formula is C17H20FNO3S. The zero-order valence-electron chi connectivity index (χ0n) is 13.0. The molecule has 0 saturated carbocycles. The number of aryl methyl sites for hydroxylation is 1. The highest BCUT2D eigenvalue weighted by molar-refractivity contribution is 7.88. The molecule has 1 N–H and O–H groups in total. The predicted molar refractivity (Wildman–Crippen MR) is 88.3 cm³/mol. The normalized spacial score (nSPS) is 11.4. The maximum atomic E-state index is 12.7. The van der Waals surface area contributed by atoms with Gasteiger partial charge >= 0.3 is 0 Å². The molecule has 0 fully saturated rings. The highest BCUT2D eigenvalue weighted by Crippen LogP contribution is 2.11. The summed E-state index contributed by atoms with van der Waals surface area (Å²) in [7, 11) is -3.35. The van der Waals surface area contributed by atoms with Crippen LogP contribution in [-0.2, 0) is 15.8 Å². The summed E-state index contributed by atoms with van der Waals surface area (Å²) in [6.45, 7) is 2.62. The molecule has 2 aromatic carbocycles. The van der Waals surface area contributed by atoms with Crippen LogP contribution >= 0.6 is 0 Å². The second-order valence-electron chi connectivity index (χ2n) is 5.29. The van der Waals surface area contributed by atoms with Crippen LogP contribution in [0.2, 0.25) is 0 Å². The van der Waals surface area contributed by atoms with E-state index in [1.807, 2.05) is 31.2 Å². The summed E-state index contributed by atoms with van der Waals surface area (Å²) < 4.78 is 44.6. The van der Waals surface area contributed by atoms with Crippen molar-refractivity contribution in [2.45, 2.75) is 19.1 Å². The number of ether oxygens (including phenoxy) is 1. The Kier molecular flexibility index (Phi) is 6.12. The standard InChI is InChI=1S/C17H20FNO3S/c1-14-3-5-15(6-4-14)13-23(20,21)19-11-2-12-22-17-9-7-16(18)8-10-17/h3-10,19H,2,11-13H2,1H3. The molecule has 0 heterocycles. The molecule has 0 aliphatic heterocycles. The monoisotopic (exact) mass is 337 g/mol. The quantitative estimate of drug-likeness (QED) is 0.753. The SMILES string of the molecule is Cc1ccc(CS(=O)(=O)NCCCOc2ccc(F)cc2)cc1. The molecule has 0 spiro atoms. The van der Waals surface area contributed by atoms with Gasteiger partial charge in [0.15, 0.2) is 0 Å². The lowest BCUT2D eigenvalue weighted by Gasteiger charge is -2.08. The zero-order valence-corrected chi connectivity index (χ0v) is 13.8. The third kappa shape index (κ3) is 6.38. The Morgan fingerprint density at radius 2 is 1.70 bits per heavy atom. The first-order valence-corrected chi connectivity index (χ1v) is 9.01. The second-order valence-corrected chi connectivity index (χ2v) is 7.10. The van der Waals surface area contributed by atoms with Crippen molar-refractivity contribution in [3.8, 4) is 5.75 Å². The topological polar surface area (TPSA) is 55.4 Å². The fourth-order valence-electron chi connectivity index (χ4n) is 1.98. The van der Waals surface area contributed by atoms with Crippen LogP contribution in [0.15, 0.2) is 48.5 Å². The molecule has 0 unspecified atom stereocenters. The van der Waals surface area contributed by atoms with E-state index in [-0.39, 0.29) is 11.6 Å². The van der Waals surface area contributed by atoms with E-state index in [4.69, 9.17) is 4.74 Å². The minimum atomic E-state index is -3.35. The molecular weight excluding hydrogens is 317 g/mol. The van der Waals surface area contributed by atoms with Gasteiger partial charge in [-0.2, -0.15) is 0 Å². The van der Waals surface area contributed by atoms with Crippen LogP contribution in [0, 0.1) is 12.7 Å². The van der Waals surface area contributed by atoms with Crippen molar-refractivity contribution in [2.75, 3.05) is 13.2 Å². The molecule has 0 bridgehead atoms. The largest absolute Gasteiger partial charge is 0.494 e. The average Bonchev–Trinajstić information content (AvgIpc) is 2.51. The molecule has 124 valence electrons. The van der Waals surface area contributed by atoms with Crippen molar-refractivity contribution in [3.63, 3.8) is 0 Å². The predicted octanol–water partition coefficient (Wildman–Crippen LogP) is 3.02. The molecule has 2 rings (SSSR count). The van der Waals surface area contributed by atoms with E-state index in [0.29, 0.717) is 25.3 Å². The fraction of sp³-hybridized carbons (Fsp3) is 0.294. The Bertz CT molecular complexity index is 713. The number of rotatable bonds is 8. The number of nitrogens with one attached hydrogen (secondary N) is 1. The van der Waals surface area contributed by atoms with Gasteiger partial charge in [-0.05, 0) is 43.2 Å². The Balaban J connectivity index is 1.70. The van der Waals surface area contributed by atoms with Gasteiger partial charge in [-0.25, -0.2) is 17.5 Å². The summed E-state index contributed by atoms with van der Waals surface area (Å²) in [5.74, 6) is 0.210. The second kappa shape index (κ2) is 8.08. The summed E-state index contributed by atoms with van der Waals surface area (Å²) in [4.78, 5) is 0.